The Hall–Kier alpha value is -1.68. The first-order valence-electron chi connectivity index (χ1n) is 7.45. The molecule has 3 rings (SSSR count). The van der Waals surface area contributed by atoms with Gasteiger partial charge in [-0.3, -0.25) is 0 Å². The Kier molecular flexibility index (Phi) is 3.57. The SMILES string of the molecule is CC(C)c1ccc(-n2nc(C3CC3)nc2CCN)cc1. The van der Waals surface area contributed by atoms with Gasteiger partial charge in [0.25, 0.3) is 0 Å². The summed E-state index contributed by atoms with van der Waals surface area (Å²) in [5, 5.41) is 4.69. The Labute approximate surface area is 120 Å². The van der Waals surface area contributed by atoms with Gasteiger partial charge in [-0.2, -0.15) is 5.10 Å². The molecule has 2 N–H and O–H groups in total. The molecule has 0 radical (unpaired) electrons. The first kappa shape index (κ1) is 13.3. The van der Waals surface area contributed by atoms with Crippen LogP contribution < -0.4 is 5.73 Å². The highest BCUT2D eigenvalue weighted by Gasteiger charge is 2.29. The van der Waals surface area contributed by atoms with Crippen molar-refractivity contribution in [2.45, 2.75) is 44.9 Å². The van der Waals surface area contributed by atoms with Gasteiger partial charge in [0.1, 0.15) is 5.82 Å². The van der Waals surface area contributed by atoms with E-state index in [-0.39, 0.29) is 0 Å². The molecule has 0 atom stereocenters. The van der Waals surface area contributed by atoms with Crippen LogP contribution in [0.4, 0.5) is 0 Å². The van der Waals surface area contributed by atoms with Crippen LogP contribution in [-0.4, -0.2) is 21.3 Å². The predicted molar refractivity (Wildman–Crippen MR) is 80.2 cm³/mol. The maximum atomic E-state index is 5.69. The third-order valence-electron chi connectivity index (χ3n) is 3.81. The quantitative estimate of drug-likeness (QED) is 0.909. The van der Waals surface area contributed by atoms with Crippen LogP contribution in [0.2, 0.25) is 0 Å². The summed E-state index contributed by atoms with van der Waals surface area (Å²) in [5.41, 5.74) is 8.12. The van der Waals surface area contributed by atoms with E-state index in [1.54, 1.807) is 0 Å². The Balaban J connectivity index is 1.94. The normalized spacial score (nSPS) is 15.0. The second-order valence-electron chi connectivity index (χ2n) is 5.86. The van der Waals surface area contributed by atoms with Crippen LogP contribution in [0, 0.1) is 0 Å². The van der Waals surface area contributed by atoms with Gasteiger partial charge >= 0.3 is 0 Å². The fourth-order valence-electron chi connectivity index (χ4n) is 2.37. The monoisotopic (exact) mass is 270 g/mol. The van der Waals surface area contributed by atoms with Crippen LogP contribution >= 0.6 is 0 Å². The zero-order valence-electron chi connectivity index (χ0n) is 12.2. The van der Waals surface area contributed by atoms with Crippen molar-refractivity contribution < 1.29 is 0 Å². The second-order valence-corrected chi connectivity index (χ2v) is 5.86. The van der Waals surface area contributed by atoms with Crippen molar-refractivity contribution in [3.8, 4) is 5.69 Å². The summed E-state index contributed by atoms with van der Waals surface area (Å²) in [4.78, 5) is 4.67. The fourth-order valence-corrected chi connectivity index (χ4v) is 2.37. The van der Waals surface area contributed by atoms with E-state index in [2.05, 4.69) is 48.2 Å². The molecule has 1 fully saturated rings. The van der Waals surface area contributed by atoms with Crippen LogP contribution in [0.5, 0.6) is 0 Å². The lowest BCUT2D eigenvalue weighted by Gasteiger charge is -2.08. The maximum absolute atomic E-state index is 5.69. The van der Waals surface area contributed by atoms with Gasteiger partial charge < -0.3 is 5.73 Å². The zero-order chi connectivity index (χ0) is 14.1. The number of hydrogen-bond acceptors (Lipinski definition) is 3. The minimum Gasteiger partial charge on any atom is -0.330 e. The molecule has 1 aliphatic rings. The predicted octanol–water partition coefficient (Wildman–Crippen LogP) is 2.77. The average Bonchev–Trinajstić information content (AvgIpc) is 3.21. The molecular weight excluding hydrogens is 248 g/mol. The van der Waals surface area contributed by atoms with Crippen LogP contribution in [0.25, 0.3) is 5.69 Å². The highest BCUT2D eigenvalue weighted by molar-refractivity contribution is 5.36. The third kappa shape index (κ3) is 2.61. The van der Waals surface area contributed by atoms with Crippen LogP contribution in [-0.2, 0) is 6.42 Å². The van der Waals surface area contributed by atoms with Crippen molar-refractivity contribution in [1.82, 2.24) is 14.8 Å². The topological polar surface area (TPSA) is 56.7 Å². The molecule has 106 valence electrons. The molecule has 20 heavy (non-hydrogen) atoms. The molecule has 1 aromatic heterocycles. The molecule has 0 aliphatic heterocycles. The highest BCUT2D eigenvalue weighted by atomic mass is 15.4. The molecule has 0 bridgehead atoms. The summed E-state index contributed by atoms with van der Waals surface area (Å²) < 4.78 is 1.96. The smallest absolute Gasteiger partial charge is 0.154 e. The Bertz CT molecular complexity index is 579. The molecule has 0 saturated heterocycles. The van der Waals surface area contributed by atoms with Crippen LogP contribution in [0.1, 0.15) is 55.7 Å². The van der Waals surface area contributed by atoms with Crippen LogP contribution in [0.15, 0.2) is 24.3 Å². The van der Waals surface area contributed by atoms with E-state index in [4.69, 9.17) is 5.73 Å². The Morgan fingerprint density at radius 2 is 1.95 bits per heavy atom. The first-order valence-corrected chi connectivity index (χ1v) is 7.45. The minimum atomic E-state index is 0.547. The van der Waals surface area contributed by atoms with Crippen molar-refractivity contribution in [2.75, 3.05) is 6.54 Å². The van der Waals surface area contributed by atoms with Crippen molar-refractivity contribution in [1.29, 1.82) is 0 Å². The zero-order valence-corrected chi connectivity index (χ0v) is 12.2. The largest absolute Gasteiger partial charge is 0.330 e. The highest BCUT2D eigenvalue weighted by Crippen LogP contribution is 2.38. The molecule has 4 nitrogen and oxygen atoms in total. The van der Waals surface area contributed by atoms with E-state index in [0.717, 1.165) is 23.8 Å². The molecular formula is C16H22N4. The van der Waals surface area contributed by atoms with Gasteiger partial charge in [-0.15, -0.1) is 0 Å². The Morgan fingerprint density at radius 3 is 2.50 bits per heavy atom. The maximum Gasteiger partial charge on any atom is 0.154 e. The summed E-state index contributed by atoms with van der Waals surface area (Å²) in [5.74, 6) is 3.08. The summed E-state index contributed by atoms with van der Waals surface area (Å²) in [6.45, 7) is 5.01. The lowest BCUT2D eigenvalue weighted by atomic mass is 10.0. The van der Waals surface area contributed by atoms with E-state index in [1.165, 1.54) is 18.4 Å². The van der Waals surface area contributed by atoms with Crippen molar-refractivity contribution >= 4 is 0 Å². The fraction of sp³-hybridized carbons (Fsp3) is 0.500. The minimum absolute atomic E-state index is 0.547. The lowest BCUT2D eigenvalue weighted by Crippen LogP contribution is -2.09. The molecule has 4 heteroatoms. The van der Waals surface area contributed by atoms with E-state index < -0.39 is 0 Å². The molecule has 0 amide bonds. The summed E-state index contributed by atoms with van der Waals surface area (Å²) in [6.07, 6.45) is 3.21. The molecule has 0 spiro atoms. The van der Waals surface area contributed by atoms with E-state index in [9.17, 15) is 0 Å². The Morgan fingerprint density at radius 1 is 1.25 bits per heavy atom. The van der Waals surface area contributed by atoms with Gasteiger partial charge in [-0.25, -0.2) is 9.67 Å². The van der Waals surface area contributed by atoms with Crippen molar-refractivity contribution in [2.24, 2.45) is 5.73 Å². The third-order valence-corrected chi connectivity index (χ3v) is 3.81. The molecule has 1 heterocycles. The molecule has 0 unspecified atom stereocenters. The number of rotatable bonds is 5. The lowest BCUT2D eigenvalue weighted by molar-refractivity contribution is 0.768. The average molecular weight is 270 g/mol. The van der Waals surface area contributed by atoms with E-state index in [0.29, 0.717) is 18.4 Å². The van der Waals surface area contributed by atoms with Gasteiger partial charge in [0.15, 0.2) is 5.82 Å². The summed E-state index contributed by atoms with van der Waals surface area (Å²) in [6, 6.07) is 8.59. The van der Waals surface area contributed by atoms with Gasteiger partial charge in [0, 0.05) is 12.3 Å². The van der Waals surface area contributed by atoms with E-state index >= 15 is 0 Å². The standard InChI is InChI=1S/C16H22N4/c1-11(2)12-5-7-14(8-6-12)20-15(9-10-17)18-16(19-20)13-3-4-13/h5-8,11,13H,3-4,9-10,17H2,1-2H3. The second kappa shape index (κ2) is 5.37. The van der Waals surface area contributed by atoms with Gasteiger partial charge in [0.05, 0.1) is 5.69 Å². The van der Waals surface area contributed by atoms with Gasteiger partial charge in [0.2, 0.25) is 0 Å². The van der Waals surface area contributed by atoms with Crippen molar-refractivity contribution in [3.63, 3.8) is 0 Å². The number of nitrogens with two attached hydrogens (primary N) is 1. The molecule has 1 aliphatic carbocycles. The number of benzene rings is 1. The van der Waals surface area contributed by atoms with Gasteiger partial charge in [-0.1, -0.05) is 26.0 Å². The number of aromatic nitrogens is 3. The van der Waals surface area contributed by atoms with Gasteiger partial charge in [-0.05, 0) is 43.0 Å². The van der Waals surface area contributed by atoms with Crippen molar-refractivity contribution in [3.05, 3.63) is 41.5 Å². The first-order chi connectivity index (χ1) is 9.69. The van der Waals surface area contributed by atoms with E-state index in [1.807, 2.05) is 4.68 Å². The molecule has 1 saturated carbocycles. The number of hydrogen-bond donors (Lipinski definition) is 1. The molecule has 2 aromatic rings. The number of nitrogens with zero attached hydrogens (tertiary/aromatic N) is 3. The van der Waals surface area contributed by atoms with Crippen LogP contribution in [0.3, 0.4) is 0 Å². The molecule has 1 aromatic carbocycles. The summed E-state index contributed by atoms with van der Waals surface area (Å²) >= 11 is 0. The summed E-state index contributed by atoms with van der Waals surface area (Å²) in [7, 11) is 0.